The quantitative estimate of drug-likeness (QED) is 0.401. The molecule has 2 aliphatic rings. The number of nitro groups is 1. The van der Waals surface area contributed by atoms with Gasteiger partial charge in [0, 0.05) is 66.5 Å². The number of nitro benzene ring substituents is 1. The van der Waals surface area contributed by atoms with E-state index in [0.29, 0.717) is 17.8 Å². The molecule has 0 radical (unpaired) electrons. The van der Waals surface area contributed by atoms with E-state index < -0.39 is 0 Å². The van der Waals surface area contributed by atoms with Gasteiger partial charge in [-0.15, -0.1) is 0 Å². The number of rotatable bonds is 5. The van der Waals surface area contributed by atoms with Crippen molar-refractivity contribution in [3.05, 3.63) is 46.5 Å². The Hall–Kier alpha value is -3.16. The summed E-state index contributed by atoms with van der Waals surface area (Å²) in [6, 6.07) is 11.9. The molecule has 0 unspecified atom stereocenters. The lowest BCUT2D eigenvalue weighted by Gasteiger charge is -2.24. The first-order valence-electron chi connectivity index (χ1n) is 11.1. The molecule has 0 aromatic heterocycles. The van der Waals surface area contributed by atoms with Gasteiger partial charge in [0.25, 0.3) is 5.69 Å². The van der Waals surface area contributed by atoms with Crippen LogP contribution in [-0.2, 0) is 0 Å². The van der Waals surface area contributed by atoms with Crippen molar-refractivity contribution < 1.29 is 14.4 Å². The second kappa shape index (κ2) is 10.4. The average Bonchev–Trinajstić information content (AvgIpc) is 3.41. The molecule has 4 rings (SSSR count). The smallest absolute Gasteiger partial charge is 0.275 e. The lowest BCUT2D eigenvalue weighted by Crippen LogP contribution is -2.26. The van der Waals surface area contributed by atoms with E-state index in [2.05, 4.69) is 29.7 Å². The lowest BCUT2D eigenvalue weighted by atomic mass is 10.2. The summed E-state index contributed by atoms with van der Waals surface area (Å²) >= 11 is 0. The number of nitrogens with two attached hydrogens (primary N) is 1. The zero-order chi connectivity index (χ0) is 23.3. The number of hydrogen-bond acceptors (Lipinski definition) is 7. The number of hydrogen-bond donors (Lipinski definition) is 1. The third kappa shape index (κ3) is 5.55. The molecule has 0 amide bonds. The van der Waals surface area contributed by atoms with E-state index in [1.165, 1.54) is 31.7 Å². The Bertz CT molecular complexity index is 936. The van der Waals surface area contributed by atoms with Crippen molar-refractivity contribution in [1.29, 1.82) is 0 Å². The first kappa shape index (κ1) is 23.5. The van der Waals surface area contributed by atoms with Crippen LogP contribution >= 0.6 is 0 Å². The molecule has 2 N–H and O–H groups in total. The monoisotopic (exact) mass is 442 g/mol. The predicted molar refractivity (Wildman–Crippen MR) is 129 cm³/mol. The van der Waals surface area contributed by atoms with Gasteiger partial charge in [0.05, 0.1) is 25.2 Å². The fourth-order valence-electron chi connectivity index (χ4n) is 4.48. The van der Waals surface area contributed by atoms with Gasteiger partial charge in [-0.05, 0) is 45.6 Å². The van der Waals surface area contributed by atoms with E-state index in [1.54, 1.807) is 13.2 Å². The number of ether oxygens (including phenoxy) is 2. The summed E-state index contributed by atoms with van der Waals surface area (Å²) in [4.78, 5) is 15.0. The van der Waals surface area contributed by atoms with E-state index in [9.17, 15) is 10.1 Å². The van der Waals surface area contributed by atoms with E-state index in [4.69, 9.17) is 15.2 Å². The number of nitrogen functional groups attached to an aromatic ring is 1. The summed E-state index contributed by atoms with van der Waals surface area (Å²) in [5.74, 6) is 1.37. The Kier molecular flexibility index (Phi) is 7.66. The van der Waals surface area contributed by atoms with E-state index in [1.807, 2.05) is 18.2 Å². The van der Waals surface area contributed by atoms with Crippen LogP contribution in [0.3, 0.4) is 0 Å². The summed E-state index contributed by atoms with van der Waals surface area (Å²) in [6.45, 7) is 6.46. The van der Waals surface area contributed by atoms with Gasteiger partial charge in [-0.3, -0.25) is 10.1 Å². The molecule has 2 heterocycles. The van der Waals surface area contributed by atoms with Gasteiger partial charge in [0.15, 0.2) is 0 Å². The molecule has 2 aromatic carbocycles. The molecule has 2 saturated heterocycles. The topological polar surface area (TPSA) is 94.1 Å². The van der Waals surface area contributed by atoms with E-state index >= 15 is 0 Å². The molecule has 0 spiro atoms. The molecule has 2 aliphatic heterocycles. The highest BCUT2D eigenvalue weighted by atomic mass is 16.6. The third-order valence-electron chi connectivity index (χ3n) is 6.24. The molecular weight excluding hydrogens is 408 g/mol. The molecule has 2 fully saturated rings. The van der Waals surface area contributed by atoms with Crippen molar-refractivity contribution in [2.24, 2.45) is 0 Å². The highest BCUT2D eigenvalue weighted by molar-refractivity contribution is 5.61. The fraction of sp³-hybridized carbons (Fsp3) is 0.500. The van der Waals surface area contributed by atoms with Crippen LogP contribution in [0.25, 0.3) is 0 Å². The van der Waals surface area contributed by atoms with Gasteiger partial charge < -0.3 is 25.0 Å². The maximum atomic E-state index is 10.8. The molecule has 8 nitrogen and oxygen atoms in total. The largest absolute Gasteiger partial charge is 0.497 e. The van der Waals surface area contributed by atoms with Gasteiger partial charge in [0.2, 0.25) is 0 Å². The Morgan fingerprint density at radius 3 is 1.81 bits per heavy atom. The summed E-state index contributed by atoms with van der Waals surface area (Å²) in [5, 5.41) is 10.8. The van der Waals surface area contributed by atoms with Crippen molar-refractivity contribution in [2.75, 3.05) is 42.8 Å². The molecule has 2 atom stereocenters. The second-order valence-electron chi connectivity index (χ2n) is 8.48. The normalized spacial score (nSPS) is 20.0. The SMILES string of the molecule is COc1cc(N)cc(N2CCC[C@@H]2C)c1.COc1cc(N2CCC[C@@H]2C)cc([N+](=O)[O-])c1. The summed E-state index contributed by atoms with van der Waals surface area (Å²) in [5.41, 5.74) is 8.74. The zero-order valence-corrected chi connectivity index (χ0v) is 19.4. The number of non-ortho nitro benzene ring substituents is 1. The minimum absolute atomic E-state index is 0.0819. The maximum absolute atomic E-state index is 10.8. The minimum atomic E-state index is -0.382. The lowest BCUT2D eigenvalue weighted by molar-refractivity contribution is -0.384. The minimum Gasteiger partial charge on any atom is -0.497 e. The summed E-state index contributed by atoms with van der Waals surface area (Å²) in [7, 11) is 3.20. The van der Waals surface area contributed by atoms with E-state index in [0.717, 1.165) is 43.1 Å². The Morgan fingerprint density at radius 1 is 0.875 bits per heavy atom. The standard InChI is InChI=1S/C12H16N2O3.C12H18N2O/c1-9-4-3-5-13(9)10-6-11(14(15)16)8-12(7-10)17-2;1-9-4-3-5-14(9)11-6-10(13)7-12(8-11)15-2/h6-9H,3-5H2,1-2H3;6-9H,3-5,13H2,1-2H3/t2*9-/m00/s1. The van der Waals surface area contributed by atoms with Crippen LogP contribution in [0.4, 0.5) is 22.7 Å². The van der Waals surface area contributed by atoms with Crippen molar-refractivity contribution in [3.63, 3.8) is 0 Å². The second-order valence-corrected chi connectivity index (χ2v) is 8.48. The Labute approximate surface area is 190 Å². The zero-order valence-electron chi connectivity index (χ0n) is 19.4. The molecule has 174 valence electrons. The summed E-state index contributed by atoms with van der Waals surface area (Å²) < 4.78 is 10.3. The highest BCUT2D eigenvalue weighted by Gasteiger charge is 2.23. The van der Waals surface area contributed by atoms with Crippen LogP contribution in [-0.4, -0.2) is 44.3 Å². The van der Waals surface area contributed by atoms with Crippen LogP contribution in [0.1, 0.15) is 39.5 Å². The number of anilines is 3. The van der Waals surface area contributed by atoms with Crippen LogP contribution in [0, 0.1) is 10.1 Å². The average molecular weight is 443 g/mol. The number of methoxy groups -OCH3 is 2. The van der Waals surface area contributed by atoms with E-state index in [-0.39, 0.29) is 10.6 Å². The molecule has 0 bridgehead atoms. The molecule has 32 heavy (non-hydrogen) atoms. The van der Waals surface area contributed by atoms with Crippen molar-refractivity contribution >= 4 is 22.7 Å². The predicted octanol–water partition coefficient (Wildman–Crippen LogP) is 4.86. The maximum Gasteiger partial charge on any atom is 0.275 e. The summed E-state index contributed by atoms with van der Waals surface area (Å²) in [6.07, 6.45) is 4.78. The van der Waals surface area contributed by atoms with Gasteiger partial charge in [0.1, 0.15) is 11.5 Å². The first-order valence-corrected chi connectivity index (χ1v) is 11.1. The van der Waals surface area contributed by atoms with Gasteiger partial charge in [-0.1, -0.05) is 0 Å². The Balaban J connectivity index is 0.000000182. The highest BCUT2D eigenvalue weighted by Crippen LogP contribution is 2.33. The molecule has 8 heteroatoms. The van der Waals surface area contributed by atoms with Gasteiger partial charge in [-0.25, -0.2) is 0 Å². The third-order valence-corrected chi connectivity index (χ3v) is 6.24. The van der Waals surface area contributed by atoms with Crippen LogP contribution < -0.4 is 25.0 Å². The fourth-order valence-corrected chi connectivity index (χ4v) is 4.48. The Morgan fingerprint density at radius 2 is 1.38 bits per heavy atom. The number of benzene rings is 2. The van der Waals surface area contributed by atoms with Gasteiger partial charge in [-0.2, -0.15) is 0 Å². The molecular formula is C24H34N4O4. The van der Waals surface area contributed by atoms with Crippen molar-refractivity contribution in [2.45, 2.75) is 51.6 Å². The number of nitrogens with zero attached hydrogens (tertiary/aromatic N) is 3. The van der Waals surface area contributed by atoms with Crippen molar-refractivity contribution in [1.82, 2.24) is 0 Å². The molecule has 0 aliphatic carbocycles. The van der Waals surface area contributed by atoms with Crippen molar-refractivity contribution in [3.8, 4) is 11.5 Å². The van der Waals surface area contributed by atoms with Crippen LogP contribution in [0.2, 0.25) is 0 Å². The molecule has 2 aromatic rings. The van der Waals surface area contributed by atoms with Crippen LogP contribution in [0.5, 0.6) is 11.5 Å². The first-order chi connectivity index (χ1) is 15.3. The van der Waals surface area contributed by atoms with Crippen LogP contribution in [0.15, 0.2) is 36.4 Å². The van der Waals surface area contributed by atoms with Gasteiger partial charge >= 0.3 is 0 Å². The molecule has 0 saturated carbocycles.